The summed E-state index contributed by atoms with van der Waals surface area (Å²) in [6, 6.07) is 6.84. The summed E-state index contributed by atoms with van der Waals surface area (Å²) in [5.41, 5.74) is 1.49. The maximum atomic E-state index is 12.2. The highest BCUT2D eigenvalue weighted by atomic mass is 16.6. The first kappa shape index (κ1) is 18.0. The number of aliphatic hydroxyl groups is 1. The first-order valence-corrected chi connectivity index (χ1v) is 7.75. The third kappa shape index (κ3) is 4.58. The molecule has 0 saturated carbocycles. The van der Waals surface area contributed by atoms with Gasteiger partial charge in [-0.3, -0.25) is 0 Å². The van der Waals surface area contributed by atoms with Crippen molar-refractivity contribution in [3.63, 3.8) is 0 Å². The molecule has 6 nitrogen and oxygen atoms in total. The van der Waals surface area contributed by atoms with Crippen LogP contribution in [-0.4, -0.2) is 54.0 Å². The van der Waals surface area contributed by atoms with E-state index in [4.69, 9.17) is 4.74 Å². The standard InChI is InChI=1S/C18H23NO5/c1-18(2,3)24-17(22)19-10-14(9-15(20)11-19)12-5-7-13(8-6-12)16(21)23-4/h5-9,15,20H,10-11H2,1-4H3. The normalized spacial score (nSPS) is 18.0. The van der Waals surface area contributed by atoms with Crippen LogP contribution in [0.2, 0.25) is 0 Å². The zero-order valence-corrected chi connectivity index (χ0v) is 14.4. The van der Waals surface area contributed by atoms with E-state index >= 15 is 0 Å². The van der Waals surface area contributed by atoms with Crippen LogP contribution < -0.4 is 0 Å². The first-order chi connectivity index (χ1) is 11.2. The van der Waals surface area contributed by atoms with E-state index in [-0.39, 0.29) is 6.54 Å². The van der Waals surface area contributed by atoms with Crippen LogP contribution in [0.15, 0.2) is 30.3 Å². The predicted molar refractivity (Wildman–Crippen MR) is 89.6 cm³/mol. The summed E-state index contributed by atoms with van der Waals surface area (Å²) < 4.78 is 10.0. The lowest BCUT2D eigenvalue weighted by atomic mass is 9.99. The topological polar surface area (TPSA) is 76.1 Å². The Morgan fingerprint density at radius 2 is 1.83 bits per heavy atom. The molecule has 6 heteroatoms. The molecule has 1 N–H and O–H groups in total. The minimum Gasteiger partial charge on any atom is -0.465 e. The zero-order valence-electron chi connectivity index (χ0n) is 14.4. The highest BCUT2D eigenvalue weighted by Gasteiger charge is 2.27. The molecule has 24 heavy (non-hydrogen) atoms. The van der Waals surface area contributed by atoms with Crippen LogP contribution in [0.5, 0.6) is 0 Å². The Kier molecular flexibility index (Phi) is 5.29. The van der Waals surface area contributed by atoms with Gasteiger partial charge in [0.1, 0.15) is 5.60 Å². The maximum Gasteiger partial charge on any atom is 0.410 e. The lowest BCUT2D eigenvalue weighted by molar-refractivity contribution is 0.0197. The minimum atomic E-state index is -0.762. The van der Waals surface area contributed by atoms with Gasteiger partial charge in [-0.2, -0.15) is 0 Å². The number of ether oxygens (including phenoxy) is 2. The summed E-state index contributed by atoms with van der Waals surface area (Å²) in [4.78, 5) is 25.2. The van der Waals surface area contributed by atoms with E-state index in [1.54, 1.807) is 51.1 Å². The molecule has 0 radical (unpaired) electrons. The molecule has 1 heterocycles. The molecule has 0 fully saturated rings. The Bertz CT molecular complexity index is 642. The lowest BCUT2D eigenvalue weighted by Crippen LogP contribution is -2.43. The molecular weight excluding hydrogens is 310 g/mol. The van der Waals surface area contributed by atoms with E-state index in [2.05, 4.69) is 4.74 Å². The molecule has 0 aliphatic carbocycles. The number of carbonyl (C=O) groups excluding carboxylic acids is 2. The number of benzene rings is 1. The lowest BCUT2D eigenvalue weighted by Gasteiger charge is -2.32. The molecule has 1 aliphatic rings. The van der Waals surface area contributed by atoms with Gasteiger partial charge in [0, 0.05) is 6.54 Å². The smallest absolute Gasteiger partial charge is 0.410 e. The third-order valence-electron chi connectivity index (χ3n) is 3.49. The van der Waals surface area contributed by atoms with Crippen LogP contribution in [0, 0.1) is 0 Å². The van der Waals surface area contributed by atoms with E-state index in [0.29, 0.717) is 12.1 Å². The van der Waals surface area contributed by atoms with Crippen molar-refractivity contribution in [1.82, 2.24) is 4.90 Å². The molecule has 1 amide bonds. The minimum absolute atomic E-state index is 0.193. The second-order valence-corrected chi connectivity index (χ2v) is 6.69. The average molecular weight is 333 g/mol. The van der Waals surface area contributed by atoms with Gasteiger partial charge in [-0.15, -0.1) is 0 Å². The molecule has 2 rings (SSSR count). The van der Waals surface area contributed by atoms with Crippen LogP contribution in [0.4, 0.5) is 4.79 Å². The molecule has 0 spiro atoms. The van der Waals surface area contributed by atoms with Crippen molar-refractivity contribution in [1.29, 1.82) is 0 Å². The van der Waals surface area contributed by atoms with Gasteiger partial charge in [0.05, 0.1) is 25.3 Å². The number of methoxy groups -OCH3 is 1. The number of hydrogen-bond acceptors (Lipinski definition) is 5. The van der Waals surface area contributed by atoms with Crippen molar-refractivity contribution in [3.8, 4) is 0 Å². The first-order valence-electron chi connectivity index (χ1n) is 7.75. The maximum absolute atomic E-state index is 12.2. The van der Waals surface area contributed by atoms with Crippen molar-refractivity contribution >= 4 is 17.6 Å². The van der Waals surface area contributed by atoms with Crippen LogP contribution in [0.1, 0.15) is 36.7 Å². The second kappa shape index (κ2) is 7.05. The molecule has 130 valence electrons. The van der Waals surface area contributed by atoms with Gasteiger partial charge in [-0.05, 0) is 50.1 Å². The van der Waals surface area contributed by atoms with Gasteiger partial charge in [0.2, 0.25) is 0 Å². The Morgan fingerprint density at radius 3 is 2.38 bits per heavy atom. The molecule has 0 aromatic heterocycles. The number of nitrogens with zero attached hydrogens (tertiary/aromatic N) is 1. The Morgan fingerprint density at radius 1 is 1.21 bits per heavy atom. The highest BCUT2D eigenvalue weighted by Crippen LogP contribution is 2.23. The molecule has 1 aromatic rings. The van der Waals surface area contributed by atoms with Crippen molar-refractivity contribution in [2.24, 2.45) is 0 Å². The Hall–Kier alpha value is -2.34. The predicted octanol–water partition coefficient (Wildman–Crippen LogP) is 2.47. The van der Waals surface area contributed by atoms with Gasteiger partial charge in [0.15, 0.2) is 0 Å². The van der Waals surface area contributed by atoms with Gasteiger partial charge < -0.3 is 19.5 Å². The largest absolute Gasteiger partial charge is 0.465 e. The molecule has 1 aromatic carbocycles. The third-order valence-corrected chi connectivity index (χ3v) is 3.49. The highest BCUT2D eigenvalue weighted by molar-refractivity contribution is 5.89. The number of rotatable bonds is 2. The molecule has 0 saturated heterocycles. The van der Waals surface area contributed by atoms with Crippen molar-refractivity contribution in [3.05, 3.63) is 41.5 Å². The van der Waals surface area contributed by atoms with Gasteiger partial charge in [0.25, 0.3) is 0 Å². The van der Waals surface area contributed by atoms with Gasteiger partial charge >= 0.3 is 12.1 Å². The van der Waals surface area contributed by atoms with Crippen LogP contribution in [0.25, 0.3) is 5.57 Å². The van der Waals surface area contributed by atoms with Crippen molar-refractivity contribution in [2.75, 3.05) is 20.2 Å². The fraction of sp³-hybridized carbons (Fsp3) is 0.444. The average Bonchev–Trinajstić information content (AvgIpc) is 2.52. The van der Waals surface area contributed by atoms with Gasteiger partial charge in [-0.1, -0.05) is 12.1 Å². The summed E-state index contributed by atoms with van der Waals surface area (Å²) in [6.07, 6.45) is 0.494. The Labute approximate surface area is 141 Å². The quantitative estimate of drug-likeness (QED) is 0.842. The van der Waals surface area contributed by atoms with E-state index in [9.17, 15) is 14.7 Å². The monoisotopic (exact) mass is 333 g/mol. The number of amides is 1. The molecule has 1 aliphatic heterocycles. The summed E-state index contributed by atoms with van der Waals surface area (Å²) in [7, 11) is 1.33. The number of esters is 1. The number of β-amino-alcohol motifs (C(OH)–C–C–N with tert-alkyl or cyclic N) is 1. The van der Waals surface area contributed by atoms with Crippen molar-refractivity contribution in [2.45, 2.75) is 32.5 Å². The Balaban J connectivity index is 2.15. The van der Waals surface area contributed by atoms with E-state index in [1.807, 2.05) is 0 Å². The van der Waals surface area contributed by atoms with Crippen LogP contribution in [0.3, 0.4) is 0 Å². The fourth-order valence-electron chi connectivity index (χ4n) is 2.42. The SMILES string of the molecule is COC(=O)c1ccc(C2=CC(O)CN(C(=O)OC(C)(C)C)C2)cc1. The molecular formula is C18H23NO5. The number of aliphatic hydroxyl groups excluding tert-OH is 1. The number of carbonyl (C=O) groups is 2. The fourth-order valence-corrected chi connectivity index (χ4v) is 2.42. The summed E-state index contributed by atoms with van der Waals surface area (Å²) in [5, 5.41) is 10.0. The van der Waals surface area contributed by atoms with Crippen LogP contribution >= 0.6 is 0 Å². The summed E-state index contributed by atoms with van der Waals surface area (Å²) in [5.74, 6) is -0.408. The number of hydrogen-bond donors (Lipinski definition) is 1. The van der Waals surface area contributed by atoms with Crippen LogP contribution in [-0.2, 0) is 9.47 Å². The van der Waals surface area contributed by atoms with E-state index in [0.717, 1.165) is 11.1 Å². The van der Waals surface area contributed by atoms with Crippen molar-refractivity contribution < 1.29 is 24.2 Å². The summed E-state index contributed by atoms with van der Waals surface area (Å²) >= 11 is 0. The van der Waals surface area contributed by atoms with Gasteiger partial charge in [-0.25, -0.2) is 9.59 Å². The second-order valence-electron chi connectivity index (χ2n) is 6.69. The van der Waals surface area contributed by atoms with E-state index < -0.39 is 23.8 Å². The molecule has 1 atom stereocenters. The molecule has 1 unspecified atom stereocenters. The molecule has 0 bridgehead atoms. The zero-order chi connectivity index (χ0) is 17.9. The van der Waals surface area contributed by atoms with E-state index in [1.165, 1.54) is 12.0 Å². The summed E-state index contributed by atoms with van der Waals surface area (Å²) in [6.45, 7) is 5.93.